The van der Waals surface area contributed by atoms with Crippen LogP contribution in [0, 0.1) is 5.92 Å². The van der Waals surface area contributed by atoms with Crippen molar-refractivity contribution in [2.24, 2.45) is 5.92 Å². The Morgan fingerprint density at radius 3 is 2.43 bits per heavy atom. The van der Waals surface area contributed by atoms with Gasteiger partial charge in [0.2, 0.25) is 0 Å². The second kappa shape index (κ2) is 4.19. The average molecular weight is 237 g/mol. The molecular formula is C8H10Cl2N2O2. The standard InChI is InChI=1S/C8H10Cl2N2O2/c1-4(2)3-12-7(13)5(9)6(10)11-8(12)14/h4H,3H2,1-2H3,(H,11,14). The summed E-state index contributed by atoms with van der Waals surface area (Å²) in [4.78, 5) is 25.1. The number of aromatic nitrogens is 2. The monoisotopic (exact) mass is 236 g/mol. The highest BCUT2D eigenvalue weighted by Crippen LogP contribution is 2.11. The molecule has 0 aliphatic rings. The van der Waals surface area contributed by atoms with Gasteiger partial charge < -0.3 is 0 Å². The minimum Gasteiger partial charge on any atom is -0.296 e. The molecule has 78 valence electrons. The highest BCUT2D eigenvalue weighted by molar-refractivity contribution is 6.40. The summed E-state index contributed by atoms with van der Waals surface area (Å²) in [5.74, 6) is 0.186. The minimum absolute atomic E-state index is 0.110. The predicted octanol–water partition coefficient (Wildman–Crippen LogP) is 1.50. The zero-order valence-corrected chi connectivity index (χ0v) is 9.32. The minimum atomic E-state index is -0.547. The molecule has 1 N–H and O–H groups in total. The SMILES string of the molecule is CC(C)Cn1c(=O)[nH]c(Cl)c(Cl)c1=O. The van der Waals surface area contributed by atoms with Gasteiger partial charge in [-0.15, -0.1) is 0 Å². The number of halogens is 2. The quantitative estimate of drug-likeness (QED) is 0.792. The van der Waals surface area contributed by atoms with Crippen LogP contribution in [-0.2, 0) is 6.54 Å². The summed E-state index contributed by atoms with van der Waals surface area (Å²) >= 11 is 11.1. The smallest absolute Gasteiger partial charge is 0.296 e. The largest absolute Gasteiger partial charge is 0.329 e. The van der Waals surface area contributed by atoms with E-state index in [-0.39, 0.29) is 16.1 Å². The molecule has 0 fully saturated rings. The lowest BCUT2D eigenvalue weighted by molar-refractivity contribution is 0.492. The Hall–Kier alpha value is -0.740. The van der Waals surface area contributed by atoms with Gasteiger partial charge in [0, 0.05) is 6.54 Å². The van der Waals surface area contributed by atoms with E-state index >= 15 is 0 Å². The second-order valence-electron chi connectivity index (χ2n) is 3.37. The average Bonchev–Trinajstić information content (AvgIpc) is 2.09. The van der Waals surface area contributed by atoms with Crippen LogP contribution in [0.2, 0.25) is 10.2 Å². The summed E-state index contributed by atoms with van der Waals surface area (Å²) in [5.41, 5.74) is -1.08. The van der Waals surface area contributed by atoms with Gasteiger partial charge in [-0.2, -0.15) is 0 Å². The summed E-state index contributed by atoms with van der Waals surface area (Å²) in [7, 11) is 0. The van der Waals surface area contributed by atoms with Crippen molar-refractivity contribution < 1.29 is 0 Å². The molecule has 0 bridgehead atoms. The van der Waals surface area contributed by atoms with Gasteiger partial charge in [0.25, 0.3) is 5.56 Å². The van der Waals surface area contributed by atoms with Gasteiger partial charge in [0.05, 0.1) is 0 Å². The predicted molar refractivity (Wildman–Crippen MR) is 56.2 cm³/mol. The van der Waals surface area contributed by atoms with Gasteiger partial charge in [-0.05, 0) is 5.92 Å². The molecule has 1 rings (SSSR count). The Balaban J connectivity index is 3.38. The van der Waals surface area contributed by atoms with Gasteiger partial charge in [-0.1, -0.05) is 37.0 Å². The Labute approximate surface area is 90.5 Å². The highest BCUT2D eigenvalue weighted by atomic mass is 35.5. The molecule has 0 spiro atoms. The molecule has 0 radical (unpaired) electrons. The van der Waals surface area contributed by atoms with Crippen LogP contribution >= 0.6 is 23.2 Å². The van der Waals surface area contributed by atoms with Crippen LogP contribution in [0.5, 0.6) is 0 Å². The highest BCUT2D eigenvalue weighted by Gasteiger charge is 2.10. The molecule has 0 aliphatic heterocycles. The summed E-state index contributed by atoms with van der Waals surface area (Å²) in [6.45, 7) is 4.12. The lowest BCUT2D eigenvalue weighted by Crippen LogP contribution is -2.36. The molecule has 0 atom stereocenters. The van der Waals surface area contributed by atoms with Crippen molar-refractivity contribution >= 4 is 23.2 Å². The summed E-state index contributed by atoms with van der Waals surface area (Å²) in [5, 5.41) is -0.256. The van der Waals surface area contributed by atoms with Crippen molar-refractivity contribution in [1.82, 2.24) is 9.55 Å². The molecule has 0 unspecified atom stereocenters. The Kier molecular flexibility index (Phi) is 3.39. The first kappa shape index (κ1) is 11.3. The summed E-state index contributed by atoms with van der Waals surface area (Å²) in [6, 6.07) is 0. The third-order valence-corrected chi connectivity index (χ3v) is 2.37. The molecule has 14 heavy (non-hydrogen) atoms. The summed E-state index contributed by atoms with van der Waals surface area (Å²) < 4.78 is 1.04. The lowest BCUT2D eigenvalue weighted by atomic mass is 10.2. The van der Waals surface area contributed by atoms with E-state index in [1.54, 1.807) is 0 Å². The van der Waals surface area contributed by atoms with E-state index in [1.807, 2.05) is 13.8 Å². The molecule has 4 nitrogen and oxygen atoms in total. The second-order valence-corrected chi connectivity index (χ2v) is 4.12. The Morgan fingerprint density at radius 1 is 1.36 bits per heavy atom. The van der Waals surface area contributed by atoms with Crippen LogP contribution in [0.15, 0.2) is 9.59 Å². The maximum Gasteiger partial charge on any atom is 0.329 e. The first-order chi connectivity index (χ1) is 6.43. The van der Waals surface area contributed by atoms with E-state index in [1.165, 1.54) is 0 Å². The van der Waals surface area contributed by atoms with E-state index in [9.17, 15) is 9.59 Å². The van der Waals surface area contributed by atoms with E-state index < -0.39 is 11.2 Å². The molecule has 0 saturated carbocycles. The van der Waals surface area contributed by atoms with E-state index in [0.717, 1.165) is 4.57 Å². The maximum atomic E-state index is 11.5. The topological polar surface area (TPSA) is 54.9 Å². The third-order valence-electron chi connectivity index (χ3n) is 1.64. The fourth-order valence-corrected chi connectivity index (χ4v) is 1.36. The number of rotatable bonds is 2. The van der Waals surface area contributed by atoms with Gasteiger partial charge in [-0.3, -0.25) is 14.3 Å². The van der Waals surface area contributed by atoms with E-state index in [0.29, 0.717) is 6.54 Å². The molecule has 0 amide bonds. The fraction of sp³-hybridized carbons (Fsp3) is 0.500. The Morgan fingerprint density at radius 2 is 1.93 bits per heavy atom. The normalized spacial score (nSPS) is 10.9. The zero-order valence-electron chi connectivity index (χ0n) is 7.80. The van der Waals surface area contributed by atoms with Crippen molar-refractivity contribution in [3.05, 3.63) is 31.0 Å². The number of hydrogen-bond donors (Lipinski definition) is 1. The van der Waals surface area contributed by atoms with Crippen molar-refractivity contribution in [3.63, 3.8) is 0 Å². The van der Waals surface area contributed by atoms with Crippen LogP contribution in [-0.4, -0.2) is 9.55 Å². The number of nitrogens with one attached hydrogen (secondary N) is 1. The van der Waals surface area contributed by atoms with Gasteiger partial charge in [0.1, 0.15) is 10.2 Å². The molecule has 1 aromatic rings. The first-order valence-corrected chi connectivity index (χ1v) is 4.87. The fourth-order valence-electron chi connectivity index (χ4n) is 1.05. The number of H-pyrrole nitrogens is 1. The van der Waals surface area contributed by atoms with Crippen molar-refractivity contribution in [3.8, 4) is 0 Å². The molecular weight excluding hydrogens is 227 g/mol. The molecule has 1 aromatic heterocycles. The molecule has 0 aliphatic carbocycles. The molecule has 1 heterocycles. The van der Waals surface area contributed by atoms with Gasteiger partial charge in [0.15, 0.2) is 0 Å². The maximum absolute atomic E-state index is 11.5. The van der Waals surface area contributed by atoms with Gasteiger partial charge in [-0.25, -0.2) is 4.79 Å². The molecule has 0 aromatic carbocycles. The summed E-state index contributed by atoms with van der Waals surface area (Å²) in [6.07, 6.45) is 0. The number of hydrogen-bond acceptors (Lipinski definition) is 2. The van der Waals surface area contributed by atoms with E-state index in [2.05, 4.69) is 4.98 Å². The van der Waals surface area contributed by atoms with Crippen LogP contribution in [0.4, 0.5) is 0 Å². The van der Waals surface area contributed by atoms with Crippen LogP contribution in [0.1, 0.15) is 13.8 Å². The Bertz CT molecular complexity index is 448. The van der Waals surface area contributed by atoms with E-state index in [4.69, 9.17) is 23.2 Å². The lowest BCUT2D eigenvalue weighted by Gasteiger charge is -2.07. The third kappa shape index (κ3) is 2.19. The van der Waals surface area contributed by atoms with Crippen molar-refractivity contribution in [2.75, 3.05) is 0 Å². The first-order valence-electron chi connectivity index (χ1n) is 4.11. The van der Waals surface area contributed by atoms with Crippen LogP contribution < -0.4 is 11.2 Å². The van der Waals surface area contributed by atoms with Crippen molar-refractivity contribution in [1.29, 1.82) is 0 Å². The number of nitrogens with zero attached hydrogens (tertiary/aromatic N) is 1. The van der Waals surface area contributed by atoms with Crippen molar-refractivity contribution in [2.45, 2.75) is 20.4 Å². The van der Waals surface area contributed by atoms with Crippen LogP contribution in [0.25, 0.3) is 0 Å². The number of aromatic amines is 1. The van der Waals surface area contributed by atoms with Gasteiger partial charge >= 0.3 is 5.69 Å². The molecule has 0 saturated heterocycles. The zero-order chi connectivity index (χ0) is 10.9. The van der Waals surface area contributed by atoms with Crippen LogP contribution in [0.3, 0.4) is 0 Å². The molecule has 6 heteroatoms.